The minimum Gasteiger partial charge on any atom is -0.321 e. The summed E-state index contributed by atoms with van der Waals surface area (Å²) in [4.78, 5) is 13.3. The Kier molecular flexibility index (Phi) is 2.94. The van der Waals surface area contributed by atoms with Crippen LogP contribution in [0.1, 0.15) is 5.69 Å². The molecule has 1 aromatic rings. The van der Waals surface area contributed by atoms with Crippen LogP contribution in [-0.2, 0) is 3.79 Å². The zero-order valence-corrected chi connectivity index (χ0v) is 8.60. The summed E-state index contributed by atoms with van der Waals surface area (Å²) in [6.45, 7) is 0. The second-order valence-electron chi connectivity index (χ2n) is 2.05. The van der Waals surface area contributed by atoms with Crippen molar-refractivity contribution in [3.05, 3.63) is 33.2 Å². The lowest BCUT2D eigenvalue weighted by atomic mass is 10.4. The number of aromatic amines is 1. The van der Waals surface area contributed by atoms with E-state index in [2.05, 4.69) is 4.98 Å². The van der Waals surface area contributed by atoms with Crippen molar-refractivity contribution in [2.24, 2.45) is 0 Å². The van der Waals surface area contributed by atoms with Crippen molar-refractivity contribution in [1.29, 1.82) is 0 Å². The molecule has 6 heteroatoms. The van der Waals surface area contributed by atoms with Gasteiger partial charge in [0.1, 0.15) is 5.02 Å². The van der Waals surface area contributed by atoms with Crippen LogP contribution in [0.15, 0.2) is 16.9 Å². The van der Waals surface area contributed by atoms with Crippen molar-refractivity contribution in [2.45, 2.75) is 3.79 Å². The molecule has 0 aliphatic rings. The number of aromatic nitrogens is 1. The van der Waals surface area contributed by atoms with Gasteiger partial charge in [0.25, 0.3) is 5.56 Å². The first-order valence-corrected chi connectivity index (χ1v) is 4.38. The van der Waals surface area contributed by atoms with E-state index in [1.807, 2.05) is 0 Å². The largest absolute Gasteiger partial charge is 0.321 e. The van der Waals surface area contributed by atoms with Crippen molar-refractivity contribution >= 4 is 46.4 Å². The first-order valence-electron chi connectivity index (χ1n) is 2.87. The van der Waals surface area contributed by atoms with Gasteiger partial charge in [-0.05, 0) is 12.1 Å². The molecule has 1 N–H and O–H groups in total. The number of hydrogen-bond donors (Lipinski definition) is 1. The van der Waals surface area contributed by atoms with E-state index in [9.17, 15) is 4.79 Å². The highest BCUT2D eigenvalue weighted by atomic mass is 35.6. The van der Waals surface area contributed by atoms with E-state index in [1.54, 1.807) is 0 Å². The standard InChI is InChI=1S/C6H3Cl4NO/c7-3-1-2-4(6(8,9)10)11-5(3)12/h1-2H,(H,11,12). The average Bonchev–Trinajstić information content (AvgIpc) is 1.92. The number of H-pyrrole nitrogens is 1. The van der Waals surface area contributed by atoms with Crippen molar-refractivity contribution in [2.75, 3.05) is 0 Å². The Hall–Kier alpha value is 0.110. The van der Waals surface area contributed by atoms with Gasteiger partial charge in [-0.2, -0.15) is 0 Å². The van der Waals surface area contributed by atoms with Crippen LogP contribution in [0.3, 0.4) is 0 Å². The highest BCUT2D eigenvalue weighted by molar-refractivity contribution is 6.66. The molecule has 0 saturated carbocycles. The fourth-order valence-corrected chi connectivity index (χ4v) is 1.06. The Morgan fingerprint density at radius 3 is 2.25 bits per heavy atom. The van der Waals surface area contributed by atoms with Crippen LogP contribution in [0.4, 0.5) is 0 Å². The first-order chi connectivity index (χ1) is 5.41. The molecule has 0 aromatic carbocycles. The zero-order valence-electron chi connectivity index (χ0n) is 5.57. The van der Waals surface area contributed by atoms with Crippen molar-refractivity contribution in [1.82, 2.24) is 4.98 Å². The predicted molar refractivity (Wildman–Crippen MR) is 51.3 cm³/mol. The van der Waals surface area contributed by atoms with Gasteiger partial charge >= 0.3 is 0 Å². The molecule has 0 saturated heterocycles. The van der Waals surface area contributed by atoms with E-state index in [1.165, 1.54) is 12.1 Å². The quantitative estimate of drug-likeness (QED) is 0.702. The van der Waals surface area contributed by atoms with Crippen LogP contribution in [0.5, 0.6) is 0 Å². The number of alkyl halides is 3. The van der Waals surface area contributed by atoms with Gasteiger partial charge in [-0.15, -0.1) is 0 Å². The summed E-state index contributed by atoms with van der Waals surface area (Å²) in [5.74, 6) is 0. The Morgan fingerprint density at radius 2 is 1.83 bits per heavy atom. The smallest absolute Gasteiger partial charge is 0.267 e. The Morgan fingerprint density at radius 1 is 1.25 bits per heavy atom. The molecule has 0 spiro atoms. The second-order valence-corrected chi connectivity index (χ2v) is 4.74. The number of halogens is 4. The molecule has 0 radical (unpaired) electrons. The molecule has 0 fully saturated rings. The third-order valence-electron chi connectivity index (χ3n) is 1.17. The van der Waals surface area contributed by atoms with E-state index >= 15 is 0 Å². The molecule has 0 atom stereocenters. The summed E-state index contributed by atoms with van der Waals surface area (Å²) in [5, 5.41) is 0.0630. The molecule has 0 aliphatic carbocycles. The van der Waals surface area contributed by atoms with Crippen molar-refractivity contribution < 1.29 is 0 Å². The summed E-state index contributed by atoms with van der Waals surface area (Å²) in [7, 11) is 0. The van der Waals surface area contributed by atoms with E-state index in [-0.39, 0.29) is 10.7 Å². The van der Waals surface area contributed by atoms with E-state index in [0.29, 0.717) is 0 Å². The monoisotopic (exact) mass is 245 g/mol. The molecular weight excluding hydrogens is 244 g/mol. The summed E-state index contributed by atoms with van der Waals surface area (Å²) in [5.41, 5.74) is -0.276. The molecule has 1 heterocycles. The number of nitrogens with one attached hydrogen (secondary N) is 1. The first kappa shape index (κ1) is 10.2. The van der Waals surface area contributed by atoms with E-state index in [4.69, 9.17) is 46.4 Å². The molecule has 1 rings (SSSR count). The highest BCUT2D eigenvalue weighted by Crippen LogP contribution is 2.36. The molecular formula is C6H3Cl4NO. The Bertz CT molecular complexity index is 340. The Balaban J connectivity index is 3.23. The minimum absolute atomic E-state index is 0.0630. The van der Waals surface area contributed by atoms with Gasteiger partial charge in [0.05, 0.1) is 5.69 Å². The van der Waals surface area contributed by atoms with Gasteiger partial charge in [-0.3, -0.25) is 4.79 Å². The number of pyridine rings is 1. The molecule has 0 bridgehead atoms. The number of hydrogen-bond acceptors (Lipinski definition) is 1. The Labute approximate surface area is 88.4 Å². The molecule has 66 valence electrons. The summed E-state index contributed by atoms with van der Waals surface area (Å²) < 4.78 is -1.62. The third-order valence-corrected chi connectivity index (χ3v) is 2.08. The van der Waals surface area contributed by atoms with Crippen LogP contribution in [-0.4, -0.2) is 4.98 Å². The summed E-state index contributed by atoms with van der Waals surface area (Å²) >= 11 is 22.0. The van der Waals surface area contributed by atoms with Gasteiger partial charge in [0.15, 0.2) is 0 Å². The molecule has 0 unspecified atom stereocenters. The zero-order chi connectivity index (χ0) is 9.35. The van der Waals surface area contributed by atoms with Crippen molar-refractivity contribution in [3.63, 3.8) is 0 Å². The SMILES string of the molecule is O=c1[nH]c(C(Cl)(Cl)Cl)ccc1Cl. The molecule has 1 aromatic heterocycles. The molecule has 0 amide bonds. The van der Waals surface area contributed by atoms with E-state index in [0.717, 1.165) is 0 Å². The number of rotatable bonds is 0. The van der Waals surface area contributed by atoms with E-state index < -0.39 is 9.35 Å². The maximum absolute atomic E-state index is 10.9. The summed E-state index contributed by atoms with van der Waals surface area (Å²) in [6.07, 6.45) is 0. The lowest BCUT2D eigenvalue weighted by Crippen LogP contribution is -2.13. The van der Waals surface area contributed by atoms with Gasteiger partial charge in [-0.1, -0.05) is 46.4 Å². The van der Waals surface area contributed by atoms with Gasteiger partial charge in [0.2, 0.25) is 3.79 Å². The van der Waals surface area contributed by atoms with Crippen molar-refractivity contribution in [3.8, 4) is 0 Å². The maximum Gasteiger partial charge on any atom is 0.267 e. The fraction of sp³-hybridized carbons (Fsp3) is 0.167. The van der Waals surface area contributed by atoms with Crippen LogP contribution in [0.25, 0.3) is 0 Å². The van der Waals surface area contributed by atoms with Crippen LogP contribution in [0.2, 0.25) is 5.02 Å². The lowest BCUT2D eigenvalue weighted by molar-refractivity contribution is 1.05. The minimum atomic E-state index is -1.62. The predicted octanol–water partition coefficient (Wildman–Crippen LogP) is 2.86. The normalized spacial score (nSPS) is 11.7. The molecule has 12 heavy (non-hydrogen) atoms. The van der Waals surface area contributed by atoms with Gasteiger partial charge in [-0.25, -0.2) is 0 Å². The van der Waals surface area contributed by atoms with Gasteiger partial charge in [0, 0.05) is 0 Å². The second kappa shape index (κ2) is 3.46. The highest BCUT2D eigenvalue weighted by Gasteiger charge is 2.23. The molecule has 2 nitrogen and oxygen atoms in total. The van der Waals surface area contributed by atoms with Crippen LogP contribution >= 0.6 is 46.4 Å². The van der Waals surface area contributed by atoms with Gasteiger partial charge < -0.3 is 4.98 Å². The molecule has 0 aliphatic heterocycles. The average molecular weight is 247 g/mol. The van der Waals surface area contributed by atoms with Crippen LogP contribution < -0.4 is 5.56 Å². The lowest BCUT2D eigenvalue weighted by Gasteiger charge is -2.09. The van der Waals surface area contributed by atoms with Crippen LogP contribution in [0, 0.1) is 0 Å². The fourth-order valence-electron chi connectivity index (χ4n) is 0.621. The topological polar surface area (TPSA) is 32.9 Å². The third kappa shape index (κ3) is 2.30. The maximum atomic E-state index is 10.9. The summed E-state index contributed by atoms with van der Waals surface area (Å²) in [6, 6.07) is 2.81.